The molecule has 0 fully saturated rings. The summed E-state index contributed by atoms with van der Waals surface area (Å²) >= 11 is 0. The van der Waals surface area contributed by atoms with E-state index in [0.717, 1.165) is 16.8 Å². The van der Waals surface area contributed by atoms with Crippen molar-refractivity contribution in [1.82, 2.24) is 19.7 Å². The molecule has 6 nitrogen and oxygen atoms in total. The van der Waals surface area contributed by atoms with E-state index in [0.29, 0.717) is 18.7 Å². The van der Waals surface area contributed by atoms with Crippen LogP contribution < -0.4 is 10.9 Å². The number of aromatic nitrogens is 3. The second kappa shape index (κ2) is 7.39. The molecule has 0 unspecified atom stereocenters. The molecule has 0 radical (unpaired) electrons. The van der Waals surface area contributed by atoms with Gasteiger partial charge in [0.05, 0.1) is 6.54 Å². The highest BCUT2D eigenvalue weighted by molar-refractivity contribution is 5.95. The maximum Gasteiger partial charge on any atom is 0.263 e. The molecule has 134 valence electrons. The van der Waals surface area contributed by atoms with Gasteiger partial charge in [-0.05, 0) is 42.7 Å². The molecular weight excluding hydrogens is 328 g/mol. The molecular formula is C20H22N4O2. The molecule has 0 bridgehead atoms. The van der Waals surface area contributed by atoms with Gasteiger partial charge in [0.25, 0.3) is 11.5 Å². The molecule has 1 N–H and O–H groups in total. The fourth-order valence-corrected chi connectivity index (χ4v) is 2.97. The zero-order valence-corrected chi connectivity index (χ0v) is 15.2. The summed E-state index contributed by atoms with van der Waals surface area (Å²) in [6.07, 6.45) is 3.63. The minimum absolute atomic E-state index is 0.197. The Hall–Kier alpha value is -3.15. The van der Waals surface area contributed by atoms with Crippen LogP contribution in [-0.2, 0) is 20.1 Å². The van der Waals surface area contributed by atoms with Crippen molar-refractivity contribution in [3.8, 4) is 0 Å². The zero-order chi connectivity index (χ0) is 18.7. The fourth-order valence-electron chi connectivity index (χ4n) is 2.97. The lowest BCUT2D eigenvalue weighted by molar-refractivity contribution is 0.0948. The van der Waals surface area contributed by atoms with E-state index in [1.54, 1.807) is 20.2 Å². The Balaban J connectivity index is 1.79. The third-order valence-corrected chi connectivity index (χ3v) is 4.54. The van der Waals surface area contributed by atoms with Gasteiger partial charge in [-0.1, -0.05) is 24.3 Å². The molecule has 0 saturated carbocycles. The lowest BCUT2D eigenvalue weighted by atomic mass is 10.1. The van der Waals surface area contributed by atoms with Gasteiger partial charge in [-0.15, -0.1) is 0 Å². The van der Waals surface area contributed by atoms with Gasteiger partial charge in [-0.3, -0.25) is 14.3 Å². The predicted molar refractivity (Wildman–Crippen MR) is 100 cm³/mol. The molecule has 0 atom stereocenters. The van der Waals surface area contributed by atoms with E-state index in [-0.39, 0.29) is 17.0 Å². The standard InChI is InChI=1S/C20H22N4O2/c1-14-11-15(2)23(3)20(26)18(14)19(25)21-12-16-7-4-5-8-17(16)13-24-10-6-9-22-24/h4-11H,12-13H2,1-3H3,(H,21,25). The highest BCUT2D eigenvalue weighted by Crippen LogP contribution is 2.11. The number of aryl methyl sites for hydroxylation is 2. The first-order valence-electron chi connectivity index (χ1n) is 8.47. The Bertz CT molecular complexity index is 988. The first-order valence-corrected chi connectivity index (χ1v) is 8.47. The number of rotatable bonds is 5. The van der Waals surface area contributed by atoms with Crippen LogP contribution in [0.5, 0.6) is 0 Å². The number of carbonyl (C=O) groups is 1. The summed E-state index contributed by atoms with van der Waals surface area (Å²) in [6.45, 7) is 4.62. The van der Waals surface area contributed by atoms with E-state index in [1.807, 2.05) is 54.2 Å². The zero-order valence-electron chi connectivity index (χ0n) is 15.2. The number of hydrogen-bond donors (Lipinski definition) is 1. The van der Waals surface area contributed by atoms with Gasteiger partial charge in [0, 0.05) is 31.7 Å². The van der Waals surface area contributed by atoms with Gasteiger partial charge in [0.15, 0.2) is 0 Å². The lowest BCUT2D eigenvalue weighted by Gasteiger charge is -2.13. The first-order chi connectivity index (χ1) is 12.5. The molecule has 0 aliphatic rings. The molecule has 0 spiro atoms. The molecule has 2 heterocycles. The van der Waals surface area contributed by atoms with Crippen LogP contribution in [0.2, 0.25) is 0 Å². The normalized spacial score (nSPS) is 10.7. The second-order valence-corrected chi connectivity index (χ2v) is 6.36. The summed E-state index contributed by atoms with van der Waals surface area (Å²) < 4.78 is 3.33. The van der Waals surface area contributed by atoms with Crippen LogP contribution in [-0.4, -0.2) is 20.3 Å². The summed E-state index contributed by atoms with van der Waals surface area (Å²) in [7, 11) is 1.67. The first kappa shape index (κ1) is 17.7. The van der Waals surface area contributed by atoms with Crippen molar-refractivity contribution in [3.05, 3.63) is 87.1 Å². The molecule has 0 saturated heterocycles. The largest absolute Gasteiger partial charge is 0.348 e. The topological polar surface area (TPSA) is 68.9 Å². The molecule has 3 rings (SSSR count). The fraction of sp³-hybridized carbons (Fsp3) is 0.250. The van der Waals surface area contributed by atoms with Gasteiger partial charge < -0.3 is 9.88 Å². The Morgan fingerprint density at radius 1 is 1.15 bits per heavy atom. The monoisotopic (exact) mass is 350 g/mol. The highest BCUT2D eigenvalue weighted by atomic mass is 16.2. The van der Waals surface area contributed by atoms with Crippen LogP contribution in [0.4, 0.5) is 0 Å². The minimum atomic E-state index is -0.350. The van der Waals surface area contributed by atoms with E-state index in [9.17, 15) is 9.59 Å². The van der Waals surface area contributed by atoms with Crippen molar-refractivity contribution in [1.29, 1.82) is 0 Å². The van der Waals surface area contributed by atoms with Crippen LogP contribution in [0, 0.1) is 13.8 Å². The predicted octanol–water partition coefficient (Wildman–Crippen LogP) is 2.18. The van der Waals surface area contributed by atoms with Crippen molar-refractivity contribution in [2.45, 2.75) is 26.9 Å². The smallest absolute Gasteiger partial charge is 0.263 e. The van der Waals surface area contributed by atoms with Crippen LogP contribution in [0.3, 0.4) is 0 Å². The lowest BCUT2D eigenvalue weighted by Crippen LogP contribution is -2.34. The summed E-state index contributed by atoms with van der Waals surface area (Å²) in [5.41, 5.74) is 3.51. The molecule has 1 aromatic carbocycles. The van der Waals surface area contributed by atoms with E-state index >= 15 is 0 Å². The molecule has 0 aliphatic carbocycles. The number of carbonyl (C=O) groups excluding carboxylic acids is 1. The van der Waals surface area contributed by atoms with Gasteiger partial charge >= 0.3 is 0 Å². The molecule has 2 aromatic heterocycles. The molecule has 6 heteroatoms. The second-order valence-electron chi connectivity index (χ2n) is 6.36. The van der Waals surface area contributed by atoms with Crippen molar-refractivity contribution < 1.29 is 4.79 Å². The summed E-state index contributed by atoms with van der Waals surface area (Å²) in [6, 6.07) is 11.6. The molecule has 0 aliphatic heterocycles. The van der Waals surface area contributed by atoms with E-state index < -0.39 is 0 Å². The van der Waals surface area contributed by atoms with Gasteiger partial charge in [0.2, 0.25) is 0 Å². The van der Waals surface area contributed by atoms with Gasteiger partial charge in [-0.25, -0.2) is 0 Å². The maximum absolute atomic E-state index is 12.6. The summed E-state index contributed by atoms with van der Waals surface area (Å²) in [5.74, 6) is -0.350. The Labute approximate surface area is 152 Å². The molecule has 3 aromatic rings. The number of hydrogen-bond acceptors (Lipinski definition) is 3. The van der Waals surface area contributed by atoms with E-state index in [4.69, 9.17) is 0 Å². The summed E-state index contributed by atoms with van der Waals surface area (Å²) in [5, 5.41) is 7.10. The SMILES string of the molecule is Cc1cc(C)n(C)c(=O)c1C(=O)NCc1ccccc1Cn1cccn1. The average molecular weight is 350 g/mol. The van der Waals surface area contributed by atoms with Crippen LogP contribution in [0.25, 0.3) is 0 Å². The Morgan fingerprint density at radius 3 is 2.58 bits per heavy atom. The number of nitrogens with zero attached hydrogens (tertiary/aromatic N) is 3. The van der Waals surface area contributed by atoms with Crippen LogP contribution >= 0.6 is 0 Å². The Morgan fingerprint density at radius 2 is 1.88 bits per heavy atom. The van der Waals surface area contributed by atoms with Crippen molar-refractivity contribution in [2.75, 3.05) is 0 Å². The Kier molecular flexibility index (Phi) is 5.02. The molecule has 1 amide bonds. The number of pyridine rings is 1. The van der Waals surface area contributed by atoms with Crippen molar-refractivity contribution in [2.24, 2.45) is 7.05 Å². The summed E-state index contributed by atoms with van der Waals surface area (Å²) in [4.78, 5) is 25.0. The van der Waals surface area contributed by atoms with Crippen LogP contribution in [0.1, 0.15) is 32.7 Å². The third-order valence-electron chi connectivity index (χ3n) is 4.54. The maximum atomic E-state index is 12.6. The van der Waals surface area contributed by atoms with Crippen LogP contribution in [0.15, 0.2) is 53.6 Å². The van der Waals surface area contributed by atoms with Gasteiger partial charge in [0.1, 0.15) is 5.56 Å². The van der Waals surface area contributed by atoms with E-state index in [1.165, 1.54) is 4.57 Å². The van der Waals surface area contributed by atoms with Crippen molar-refractivity contribution in [3.63, 3.8) is 0 Å². The molecule has 26 heavy (non-hydrogen) atoms. The third kappa shape index (κ3) is 3.59. The average Bonchev–Trinajstić information content (AvgIpc) is 3.12. The number of benzene rings is 1. The number of amides is 1. The minimum Gasteiger partial charge on any atom is -0.348 e. The van der Waals surface area contributed by atoms with E-state index in [2.05, 4.69) is 10.4 Å². The van der Waals surface area contributed by atoms with Crippen molar-refractivity contribution >= 4 is 5.91 Å². The number of nitrogens with one attached hydrogen (secondary N) is 1. The quantitative estimate of drug-likeness (QED) is 0.767. The van der Waals surface area contributed by atoms with Gasteiger partial charge in [-0.2, -0.15) is 5.10 Å². The highest BCUT2D eigenvalue weighted by Gasteiger charge is 2.16.